The van der Waals surface area contributed by atoms with Gasteiger partial charge in [-0.2, -0.15) is 0 Å². The number of methoxy groups -OCH3 is 2. The normalized spacial score (nSPS) is 21.2. The zero-order valence-electron chi connectivity index (χ0n) is 43.4. The fourth-order valence-corrected chi connectivity index (χ4v) is 11.4. The minimum Gasteiger partial charge on any atom is -0.491 e. The van der Waals surface area contributed by atoms with Crippen LogP contribution in [0.5, 0.6) is 5.75 Å². The van der Waals surface area contributed by atoms with Crippen LogP contribution in [0.4, 0.5) is 22.1 Å². The minimum atomic E-state index is -2.26. The molecule has 6 atom stereocenters. The molecule has 5 heterocycles. The van der Waals surface area contributed by atoms with Crippen LogP contribution in [0.1, 0.15) is 58.0 Å². The maximum atomic E-state index is 16.9. The van der Waals surface area contributed by atoms with E-state index in [2.05, 4.69) is 21.8 Å². The molecule has 10 rings (SSSR count). The highest BCUT2D eigenvalue weighted by Crippen LogP contribution is 2.66. The molecule has 408 valence electrons. The summed E-state index contributed by atoms with van der Waals surface area (Å²) < 4.78 is 28.3. The van der Waals surface area contributed by atoms with Crippen LogP contribution in [0, 0.1) is 33.8 Å². The number of hydrogen-bond donors (Lipinski definition) is 1. The second-order valence-corrected chi connectivity index (χ2v) is 19.2. The Kier molecular flexibility index (Phi) is 15.6. The van der Waals surface area contributed by atoms with E-state index in [-0.39, 0.29) is 74.1 Å². The molecule has 4 aliphatic rings. The molecule has 21 heteroatoms. The standard InChI is InChI=1S/C59H53N7O14/c1-76-53(69)44(54(70)77-2)19-9-12-37-22-25-46-45(34-37)59(56(72)64(46)58(73)79-36-38-20-23-42(24-21-38)66(74)75)47(52(68)62-28-30-63(31-29-62)57-60-26-11-27-61-57)49-55(71)80-50(40-15-7-4-8-16-40)48(39-13-5-3-6-14-39)65(49)51(59)41-17-10-18-43(35-41)78-33-32-67/h3-8,10-11,13-18,20-27,34-35,44,47-51,67H,19,28-33,36H2,1-2H3/t47-,48-,49-,50+,51+,59-/m0/s1. The molecule has 21 nitrogen and oxygen atoms in total. The van der Waals surface area contributed by atoms with Crippen molar-refractivity contribution in [3.8, 4) is 17.6 Å². The number of aliphatic hydroxyl groups is 1. The van der Waals surface area contributed by atoms with Crippen molar-refractivity contribution in [1.29, 1.82) is 0 Å². The lowest BCUT2D eigenvalue weighted by molar-refractivity contribution is -0.384. The molecule has 0 saturated carbocycles. The van der Waals surface area contributed by atoms with Gasteiger partial charge in [0.2, 0.25) is 17.8 Å². The summed E-state index contributed by atoms with van der Waals surface area (Å²) in [6, 6.07) is 32.9. The summed E-state index contributed by atoms with van der Waals surface area (Å²) in [4.78, 5) is 116. The Labute approximate surface area is 458 Å². The van der Waals surface area contributed by atoms with Crippen molar-refractivity contribution in [2.75, 3.05) is 63.4 Å². The fourth-order valence-electron chi connectivity index (χ4n) is 11.4. The zero-order chi connectivity index (χ0) is 56.1. The van der Waals surface area contributed by atoms with E-state index in [1.807, 2.05) is 70.5 Å². The molecule has 1 spiro atoms. The van der Waals surface area contributed by atoms with Crippen molar-refractivity contribution < 1.29 is 62.5 Å². The Hall–Kier alpha value is -9.52. The number of piperazine rings is 1. The largest absolute Gasteiger partial charge is 0.491 e. The molecule has 4 aliphatic heterocycles. The summed E-state index contributed by atoms with van der Waals surface area (Å²) in [7, 11) is 2.25. The summed E-state index contributed by atoms with van der Waals surface area (Å²) in [5.74, 6) is -0.584. The van der Waals surface area contributed by atoms with E-state index >= 15 is 19.2 Å². The number of hydrogen-bond acceptors (Lipinski definition) is 18. The van der Waals surface area contributed by atoms with Gasteiger partial charge in [0.15, 0.2) is 5.92 Å². The number of carbonyl (C=O) groups is 6. The van der Waals surface area contributed by atoms with Gasteiger partial charge in [0.1, 0.15) is 36.5 Å². The predicted octanol–water partition coefficient (Wildman–Crippen LogP) is 5.81. The van der Waals surface area contributed by atoms with E-state index in [1.54, 1.807) is 53.7 Å². The Morgan fingerprint density at radius 1 is 0.800 bits per heavy atom. The summed E-state index contributed by atoms with van der Waals surface area (Å²) in [6.07, 6.45) is 0.685. The number of morpholine rings is 1. The number of non-ortho nitro benzene ring substituents is 1. The first-order valence-electron chi connectivity index (χ1n) is 25.6. The third-order valence-electron chi connectivity index (χ3n) is 14.9. The smallest absolute Gasteiger partial charge is 0.421 e. The number of benzene rings is 5. The van der Waals surface area contributed by atoms with Crippen LogP contribution in [-0.4, -0.2) is 125 Å². The molecular formula is C59H53N7O14. The van der Waals surface area contributed by atoms with Crippen molar-refractivity contribution in [3.05, 3.63) is 189 Å². The summed E-state index contributed by atoms with van der Waals surface area (Å²) in [5, 5.41) is 21.4. The van der Waals surface area contributed by atoms with Crippen LogP contribution < -0.4 is 14.5 Å². The number of esters is 3. The maximum Gasteiger partial charge on any atom is 0.421 e. The highest BCUT2D eigenvalue weighted by Gasteiger charge is 2.76. The van der Waals surface area contributed by atoms with Gasteiger partial charge in [0.25, 0.3) is 5.69 Å². The number of aromatic nitrogens is 2. The molecule has 0 aliphatic carbocycles. The van der Waals surface area contributed by atoms with Crippen molar-refractivity contribution in [3.63, 3.8) is 0 Å². The second-order valence-electron chi connectivity index (χ2n) is 19.2. The number of ether oxygens (including phenoxy) is 5. The molecule has 0 radical (unpaired) electrons. The van der Waals surface area contributed by atoms with E-state index in [9.17, 15) is 24.8 Å². The zero-order valence-corrected chi connectivity index (χ0v) is 43.4. The molecule has 80 heavy (non-hydrogen) atoms. The lowest BCUT2D eigenvalue weighted by Crippen LogP contribution is -2.59. The van der Waals surface area contributed by atoms with E-state index in [4.69, 9.17) is 23.7 Å². The van der Waals surface area contributed by atoms with Crippen molar-refractivity contribution in [2.24, 2.45) is 11.8 Å². The molecule has 3 amide bonds. The van der Waals surface area contributed by atoms with Crippen LogP contribution >= 0.6 is 0 Å². The Bertz CT molecular complexity index is 3370. The molecule has 0 unspecified atom stereocenters. The first-order chi connectivity index (χ1) is 38.9. The monoisotopic (exact) mass is 1080 g/mol. The van der Waals surface area contributed by atoms with Gasteiger partial charge in [0, 0.05) is 62.7 Å². The number of nitrogens with zero attached hydrogens (tertiary/aromatic N) is 7. The number of aliphatic hydroxyl groups excluding tert-OH is 1. The Balaban J connectivity index is 1.22. The molecule has 3 saturated heterocycles. The van der Waals surface area contributed by atoms with Crippen molar-refractivity contribution >= 4 is 53.1 Å². The van der Waals surface area contributed by atoms with Crippen molar-refractivity contribution in [1.82, 2.24) is 19.8 Å². The van der Waals surface area contributed by atoms with Gasteiger partial charge in [0.05, 0.1) is 49.4 Å². The molecule has 5 aromatic carbocycles. The van der Waals surface area contributed by atoms with Crippen LogP contribution in [-0.2, 0) is 54.9 Å². The molecule has 3 fully saturated rings. The van der Waals surface area contributed by atoms with Crippen LogP contribution in [0.25, 0.3) is 0 Å². The lowest BCUT2D eigenvalue weighted by atomic mass is 9.64. The van der Waals surface area contributed by atoms with Gasteiger partial charge in [-0.1, -0.05) is 84.6 Å². The van der Waals surface area contributed by atoms with E-state index in [0.29, 0.717) is 28.2 Å². The number of amides is 3. The topological polar surface area (TPSA) is 251 Å². The van der Waals surface area contributed by atoms with Gasteiger partial charge in [-0.3, -0.25) is 39.0 Å². The van der Waals surface area contributed by atoms with Crippen LogP contribution in [0.2, 0.25) is 0 Å². The predicted molar refractivity (Wildman–Crippen MR) is 284 cm³/mol. The third-order valence-corrected chi connectivity index (χ3v) is 14.9. The molecule has 0 bridgehead atoms. The first-order valence-corrected chi connectivity index (χ1v) is 25.6. The highest BCUT2D eigenvalue weighted by molar-refractivity contribution is 6.23. The Morgan fingerprint density at radius 3 is 2.11 bits per heavy atom. The molecule has 6 aromatic rings. The summed E-state index contributed by atoms with van der Waals surface area (Å²) in [6.45, 7) is -0.126. The number of nitro groups is 1. The number of carbonyl (C=O) groups excluding carboxylic acids is 6. The van der Waals surface area contributed by atoms with Crippen molar-refractivity contribution in [2.45, 2.75) is 42.7 Å². The maximum absolute atomic E-state index is 16.9. The van der Waals surface area contributed by atoms with Gasteiger partial charge >= 0.3 is 24.0 Å². The number of anilines is 2. The number of fused-ring (bicyclic) bond motifs is 3. The number of rotatable bonds is 14. The van der Waals surface area contributed by atoms with Gasteiger partial charge in [-0.15, -0.1) is 0 Å². The van der Waals surface area contributed by atoms with Crippen LogP contribution in [0.3, 0.4) is 0 Å². The molecular weight excluding hydrogens is 1030 g/mol. The number of nitro benzene ring substituents is 1. The SMILES string of the molecule is COC(=O)C(CC#Cc1ccc2c(c1)[C@]1(C(=O)N2C(=O)OCc2ccc([N+](=O)[O-])cc2)[C@H](C(=O)N2CCN(c3ncccn3)CC2)[C@H]2C(=O)O[C@H](c3ccccc3)[C@H](c3ccccc3)N2[C@@H]1c1cccc(OCCO)c1)C(=O)OC. The van der Waals surface area contributed by atoms with E-state index < -0.39 is 88.8 Å². The number of imide groups is 1. The molecule has 1 N–H and O–H groups in total. The summed E-state index contributed by atoms with van der Waals surface area (Å²) in [5.41, 5.74) is -0.130. The van der Waals surface area contributed by atoms with E-state index in [1.165, 1.54) is 36.4 Å². The fraction of sp³-hybridized carbons (Fsp3) is 0.288. The number of cyclic esters (lactones) is 1. The second kappa shape index (κ2) is 23.2. The van der Waals surface area contributed by atoms with E-state index in [0.717, 1.165) is 19.1 Å². The summed E-state index contributed by atoms with van der Waals surface area (Å²) >= 11 is 0. The van der Waals surface area contributed by atoms with Gasteiger partial charge < -0.3 is 38.6 Å². The lowest BCUT2D eigenvalue weighted by Gasteiger charge is -2.46. The minimum absolute atomic E-state index is 0.0122. The third kappa shape index (κ3) is 10.0. The van der Waals surface area contributed by atoms with Crippen LogP contribution in [0.15, 0.2) is 146 Å². The van der Waals surface area contributed by atoms with Gasteiger partial charge in [-0.05, 0) is 76.3 Å². The quantitative estimate of drug-likeness (QED) is 0.0337. The average Bonchev–Trinajstić information content (AvgIpc) is 4.11. The van der Waals surface area contributed by atoms with Gasteiger partial charge in [-0.25, -0.2) is 19.7 Å². The first kappa shape index (κ1) is 53.9. The average molecular weight is 1080 g/mol. The molecule has 1 aromatic heterocycles. The highest BCUT2D eigenvalue weighted by atomic mass is 16.6. The Morgan fingerprint density at radius 2 is 1.46 bits per heavy atom.